The smallest absolute Gasteiger partial charge is 0.402 e. The molecule has 0 unspecified atom stereocenters. The van der Waals surface area contributed by atoms with E-state index in [1.54, 1.807) is 0 Å². The van der Waals surface area contributed by atoms with Crippen molar-refractivity contribution in [1.82, 2.24) is 0 Å². The van der Waals surface area contributed by atoms with Crippen LogP contribution in [0.4, 0.5) is 0 Å². The Morgan fingerprint density at radius 1 is 0.929 bits per heavy atom. The molecule has 2 N–H and O–H groups in total. The molecule has 0 spiro atoms. The Bertz CT molecular complexity index is 99.4. The van der Waals surface area contributed by atoms with Gasteiger partial charge in [-0.05, 0) is 6.42 Å². The van der Waals surface area contributed by atoms with Crippen LogP contribution in [-0.4, -0.2) is 24.0 Å². The van der Waals surface area contributed by atoms with Crippen LogP contribution in [0, 0.1) is 0 Å². The van der Waals surface area contributed by atoms with Gasteiger partial charge in [0.15, 0.2) is 0 Å². The summed E-state index contributed by atoms with van der Waals surface area (Å²) in [6.45, 7) is 2.65. The summed E-state index contributed by atoms with van der Waals surface area (Å²) < 4.78 is 4.58. The van der Waals surface area contributed by atoms with Gasteiger partial charge in [0.25, 0.3) is 0 Å². The van der Waals surface area contributed by atoms with E-state index in [4.69, 9.17) is 10.0 Å². The molecule has 14 heavy (non-hydrogen) atoms. The maximum atomic E-state index is 8.36. The van der Waals surface area contributed by atoms with Crippen LogP contribution in [0.1, 0.15) is 59.3 Å². The molecular weight excluding hydrogens is 179 g/mol. The Morgan fingerprint density at radius 2 is 1.43 bits per heavy atom. The lowest BCUT2D eigenvalue weighted by Crippen LogP contribution is -2.17. The predicted molar refractivity (Wildman–Crippen MR) is 60.9 cm³/mol. The quantitative estimate of drug-likeness (QED) is 0.447. The summed E-state index contributed by atoms with van der Waals surface area (Å²) in [4.78, 5) is 0. The van der Waals surface area contributed by atoms with Crippen LogP contribution in [0.2, 0.25) is 0 Å². The van der Waals surface area contributed by atoms with Crippen LogP contribution in [-0.2, 0) is 4.65 Å². The standard InChI is InChI=1S/C9H21BO3.CH4/c1-2-3-4-5-6-7-8-9-13-10(11)12;/h11-12H,2-9H2,1H3;1H4. The van der Waals surface area contributed by atoms with Crippen molar-refractivity contribution in [1.29, 1.82) is 0 Å². The Kier molecular flexibility index (Phi) is 15.1. The minimum atomic E-state index is -1.60. The molecule has 0 aromatic carbocycles. The van der Waals surface area contributed by atoms with Gasteiger partial charge in [0.05, 0.1) is 0 Å². The first kappa shape index (κ1) is 16.4. The summed E-state index contributed by atoms with van der Waals surface area (Å²) in [7, 11) is -1.60. The molecule has 3 nitrogen and oxygen atoms in total. The molecular formula is C10H25BO3. The van der Waals surface area contributed by atoms with Gasteiger partial charge in [0, 0.05) is 6.61 Å². The van der Waals surface area contributed by atoms with E-state index in [0.29, 0.717) is 6.61 Å². The first-order valence-electron chi connectivity index (χ1n) is 5.25. The van der Waals surface area contributed by atoms with Crippen molar-refractivity contribution in [3.05, 3.63) is 0 Å². The third kappa shape index (κ3) is 14.5. The number of hydrogen-bond acceptors (Lipinski definition) is 3. The number of unbranched alkanes of at least 4 members (excludes halogenated alkanes) is 6. The van der Waals surface area contributed by atoms with E-state index in [-0.39, 0.29) is 7.43 Å². The van der Waals surface area contributed by atoms with E-state index >= 15 is 0 Å². The van der Waals surface area contributed by atoms with E-state index in [1.165, 1.54) is 32.1 Å². The lowest BCUT2D eigenvalue weighted by molar-refractivity contribution is 0.182. The molecule has 0 heterocycles. The first-order chi connectivity index (χ1) is 6.27. The van der Waals surface area contributed by atoms with E-state index in [0.717, 1.165) is 12.8 Å². The van der Waals surface area contributed by atoms with Crippen molar-refractivity contribution >= 4 is 7.32 Å². The zero-order valence-corrected chi connectivity index (χ0v) is 8.54. The average Bonchev–Trinajstić information content (AvgIpc) is 2.09. The van der Waals surface area contributed by atoms with Gasteiger partial charge in [-0.1, -0.05) is 52.9 Å². The van der Waals surface area contributed by atoms with E-state index in [2.05, 4.69) is 11.6 Å². The highest BCUT2D eigenvalue weighted by atomic mass is 16.6. The SMILES string of the molecule is C.CCCCCCCCCOB(O)O. The summed E-state index contributed by atoms with van der Waals surface area (Å²) in [5, 5.41) is 16.7. The molecule has 0 amide bonds. The predicted octanol–water partition coefficient (Wildman–Crippen LogP) is 2.36. The zero-order valence-electron chi connectivity index (χ0n) is 8.54. The molecule has 4 heteroatoms. The van der Waals surface area contributed by atoms with Crippen molar-refractivity contribution in [3.8, 4) is 0 Å². The molecule has 0 rings (SSSR count). The fourth-order valence-corrected chi connectivity index (χ4v) is 1.25. The number of rotatable bonds is 9. The largest absolute Gasteiger partial charge is 0.633 e. The Morgan fingerprint density at radius 3 is 1.93 bits per heavy atom. The van der Waals surface area contributed by atoms with Crippen LogP contribution in [0.15, 0.2) is 0 Å². The molecule has 0 aromatic rings. The molecule has 0 aromatic heterocycles. The van der Waals surface area contributed by atoms with Gasteiger partial charge in [-0.2, -0.15) is 0 Å². The van der Waals surface area contributed by atoms with Crippen LogP contribution < -0.4 is 0 Å². The van der Waals surface area contributed by atoms with Gasteiger partial charge in [-0.3, -0.25) is 0 Å². The molecule has 0 aliphatic heterocycles. The normalized spacial score (nSPS) is 9.64. The van der Waals surface area contributed by atoms with E-state index in [9.17, 15) is 0 Å². The fourth-order valence-electron chi connectivity index (χ4n) is 1.25. The van der Waals surface area contributed by atoms with Crippen molar-refractivity contribution in [3.63, 3.8) is 0 Å². The second-order valence-corrected chi connectivity index (χ2v) is 3.32. The van der Waals surface area contributed by atoms with Crippen molar-refractivity contribution in [2.24, 2.45) is 0 Å². The minimum Gasteiger partial charge on any atom is -0.402 e. The molecule has 0 fully saturated rings. The summed E-state index contributed by atoms with van der Waals surface area (Å²) in [5.74, 6) is 0. The highest BCUT2D eigenvalue weighted by molar-refractivity contribution is 6.32. The summed E-state index contributed by atoms with van der Waals surface area (Å²) in [6.07, 6.45) is 8.48. The molecule has 0 bridgehead atoms. The van der Waals surface area contributed by atoms with Crippen LogP contribution in [0.5, 0.6) is 0 Å². The van der Waals surface area contributed by atoms with Crippen molar-refractivity contribution in [2.45, 2.75) is 59.3 Å². The Balaban J connectivity index is 0. The molecule has 0 saturated carbocycles. The van der Waals surface area contributed by atoms with E-state index in [1.807, 2.05) is 0 Å². The Hall–Kier alpha value is -0.0551. The van der Waals surface area contributed by atoms with Crippen LogP contribution >= 0.6 is 0 Å². The van der Waals surface area contributed by atoms with Gasteiger partial charge in [0.2, 0.25) is 0 Å². The van der Waals surface area contributed by atoms with Crippen molar-refractivity contribution in [2.75, 3.05) is 6.61 Å². The van der Waals surface area contributed by atoms with E-state index < -0.39 is 7.32 Å². The van der Waals surface area contributed by atoms with Gasteiger partial charge in [-0.25, -0.2) is 0 Å². The second-order valence-electron chi connectivity index (χ2n) is 3.32. The Labute approximate surface area is 88.7 Å². The minimum absolute atomic E-state index is 0. The van der Waals surface area contributed by atoms with Crippen LogP contribution in [0.25, 0.3) is 0 Å². The molecule has 0 aliphatic rings. The third-order valence-electron chi connectivity index (χ3n) is 2.01. The number of hydrogen-bond donors (Lipinski definition) is 2. The molecule has 0 radical (unpaired) electrons. The molecule has 86 valence electrons. The van der Waals surface area contributed by atoms with Gasteiger partial charge in [-0.15, -0.1) is 0 Å². The zero-order chi connectivity index (χ0) is 9.94. The fraction of sp³-hybridized carbons (Fsp3) is 1.00. The summed E-state index contributed by atoms with van der Waals surface area (Å²) >= 11 is 0. The molecule has 0 saturated heterocycles. The van der Waals surface area contributed by atoms with Gasteiger partial charge < -0.3 is 14.7 Å². The molecule has 0 aliphatic carbocycles. The van der Waals surface area contributed by atoms with Crippen LogP contribution in [0.3, 0.4) is 0 Å². The molecule has 0 atom stereocenters. The highest BCUT2D eigenvalue weighted by Crippen LogP contribution is 2.06. The monoisotopic (exact) mass is 204 g/mol. The summed E-state index contributed by atoms with van der Waals surface area (Å²) in [6, 6.07) is 0. The maximum absolute atomic E-state index is 8.36. The highest BCUT2D eigenvalue weighted by Gasteiger charge is 2.06. The average molecular weight is 204 g/mol. The topological polar surface area (TPSA) is 49.7 Å². The van der Waals surface area contributed by atoms with Gasteiger partial charge in [0.1, 0.15) is 0 Å². The first-order valence-corrected chi connectivity index (χ1v) is 5.25. The third-order valence-corrected chi connectivity index (χ3v) is 2.01. The van der Waals surface area contributed by atoms with Gasteiger partial charge >= 0.3 is 7.32 Å². The lowest BCUT2D eigenvalue weighted by atomic mass is 10.1. The second kappa shape index (κ2) is 12.9. The maximum Gasteiger partial charge on any atom is 0.633 e. The lowest BCUT2D eigenvalue weighted by Gasteiger charge is -2.02. The van der Waals surface area contributed by atoms with Crippen molar-refractivity contribution < 1.29 is 14.7 Å². The summed E-state index contributed by atoms with van der Waals surface area (Å²) in [5.41, 5.74) is 0.